The summed E-state index contributed by atoms with van der Waals surface area (Å²) in [6.07, 6.45) is -0.495. The minimum atomic E-state index is -4.22. The van der Waals surface area contributed by atoms with Gasteiger partial charge in [0, 0.05) is 13.2 Å². The molecule has 0 fully saturated rings. The van der Waals surface area contributed by atoms with E-state index in [9.17, 15) is 8.42 Å². The Labute approximate surface area is 221 Å². The second-order valence-electron chi connectivity index (χ2n) is 2.80. The summed E-state index contributed by atoms with van der Waals surface area (Å²) in [7, 11) is -4.22. The van der Waals surface area contributed by atoms with Crippen LogP contribution in [0.4, 0.5) is 0 Å². The van der Waals surface area contributed by atoms with Gasteiger partial charge >= 0.3 is 10.4 Å². The van der Waals surface area contributed by atoms with Crippen molar-refractivity contribution in [2.24, 2.45) is 0 Å². The van der Waals surface area contributed by atoms with E-state index in [-0.39, 0.29) is 13.2 Å². The summed E-state index contributed by atoms with van der Waals surface area (Å²) in [5.41, 5.74) is 0. The van der Waals surface area contributed by atoms with Gasteiger partial charge in [0.2, 0.25) is 0 Å². The molecule has 0 spiro atoms. The summed E-state index contributed by atoms with van der Waals surface area (Å²) in [5, 5.41) is 15.2. The van der Waals surface area contributed by atoms with E-state index < -0.39 is 16.5 Å². The first-order chi connectivity index (χ1) is 16.7. The van der Waals surface area contributed by atoms with Gasteiger partial charge in [0.1, 0.15) is 0 Å². The standard InChI is InChI=1S/C4H10O.C3H8O4S.C2H6O2.9C2H4/c1-3-5-4-2;1-3(2)7-8(4,5)6;3-1-2-4;9*1-2/h3-4H2,1-2H3;3H,1-2H3,(H,4,5,6);3-4H,1-2H2;9*1-2H2. The zero-order valence-electron chi connectivity index (χ0n) is 23.5. The molecule has 8 heteroatoms. The molecule has 0 saturated carbocycles. The molecule has 0 rings (SSSR count). The normalized spacial score (nSPS) is 5.94. The van der Waals surface area contributed by atoms with E-state index in [0.717, 1.165) is 13.2 Å². The summed E-state index contributed by atoms with van der Waals surface area (Å²) < 4.78 is 36.3. The smallest absolute Gasteiger partial charge is 0.394 e. The molecule has 3 N–H and O–H groups in total. The molecular formula is C27H60O7S. The predicted molar refractivity (Wildman–Crippen MR) is 165 cm³/mol. The average molecular weight is 529 g/mol. The van der Waals surface area contributed by atoms with Crippen LogP contribution < -0.4 is 0 Å². The zero-order chi connectivity index (χ0) is 32.3. The Hall–Kier alpha value is -2.59. The molecule has 7 nitrogen and oxygen atoms in total. The third kappa shape index (κ3) is 928. The van der Waals surface area contributed by atoms with Crippen LogP contribution in [0.3, 0.4) is 0 Å². The van der Waals surface area contributed by atoms with Crippen molar-refractivity contribution in [2.75, 3.05) is 26.4 Å². The molecule has 0 aromatic carbocycles. The van der Waals surface area contributed by atoms with Crippen LogP contribution in [-0.4, -0.2) is 55.7 Å². The number of rotatable bonds is 5. The molecule has 0 aliphatic carbocycles. The molecule has 0 aliphatic rings. The van der Waals surface area contributed by atoms with Gasteiger partial charge in [-0.25, -0.2) is 4.18 Å². The summed E-state index contributed by atoms with van der Waals surface area (Å²) >= 11 is 0. The molecule has 0 heterocycles. The van der Waals surface area contributed by atoms with Gasteiger partial charge in [-0.05, 0) is 27.7 Å². The van der Waals surface area contributed by atoms with Gasteiger partial charge in [-0.15, -0.1) is 118 Å². The Morgan fingerprint density at radius 3 is 0.743 bits per heavy atom. The Balaban J connectivity index is -0.0000000175. The minimum absolute atomic E-state index is 0.125. The molecular weight excluding hydrogens is 468 g/mol. The number of aliphatic hydroxyl groups is 2. The molecule has 0 unspecified atom stereocenters. The maximum absolute atomic E-state index is 9.78. The van der Waals surface area contributed by atoms with Crippen LogP contribution in [0, 0.1) is 0 Å². The second kappa shape index (κ2) is 189. The second-order valence-corrected chi connectivity index (χ2v) is 3.85. The van der Waals surface area contributed by atoms with Gasteiger partial charge in [0.25, 0.3) is 0 Å². The zero-order valence-corrected chi connectivity index (χ0v) is 24.3. The highest BCUT2D eigenvalue weighted by Crippen LogP contribution is 1.92. The van der Waals surface area contributed by atoms with Crippen LogP contribution in [0.1, 0.15) is 27.7 Å². The lowest BCUT2D eigenvalue weighted by Gasteiger charge is -1.99. The van der Waals surface area contributed by atoms with E-state index in [2.05, 4.69) is 123 Å². The fourth-order valence-corrected chi connectivity index (χ4v) is 0.934. The Bertz CT molecular complexity index is 304. The van der Waals surface area contributed by atoms with Crippen LogP contribution in [0.15, 0.2) is 118 Å². The molecule has 216 valence electrons. The van der Waals surface area contributed by atoms with Crippen molar-refractivity contribution in [3.8, 4) is 0 Å². The highest BCUT2D eigenvalue weighted by atomic mass is 32.3. The van der Waals surface area contributed by atoms with Gasteiger partial charge in [0.15, 0.2) is 0 Å². The van der Waals surface area contributed by atoms with Gasteiger partial charge in [-0.2, -0.15) is 8.42 Å². The highest BCUT2D eigenvalue weighted by molar-refractivity contribution is 7.80. The minimum Gasteiger partial charge on any atom is -0.394 e. The number of aliphatic hydroxyl groups excluding tert-OH is 2. The van der Waals surface area contributed by atoms with Crippen molar-refractivity contribution in [2.45, 2.75) is 33.8 Å². The quantitative estimate of drug-likeness (QED) is 0.251. The van der Waals surface area contributed by atoms with Crippen LogP contribution in [0.2, 0.25) is 0 Å². The lowest BCUT2D eigenvalue weighted by Crippen LogP contribution is -2.10. The maximum atomic E-state index is 9.78. The topological polar surface area (TPSA) is 113 Å². The first-order valence-electron chi connectivity index (χ1n) is 9.70. The van der Waals surface area contributed by atoms with Crippen LogP contribution in [-0.2, 0) is 19.3 Å². The molecule has 0 aromatic heterocycles. The molecule has 0 atom stereocenters. The first kappa shape index (κ1) is 76.8. The molecule has 0 radical (unpaired) electrons. The summed E-state index contributed by atoms with van der Waals surface area (Å²) in [6.45, 7) is 62.4. The number of hydrogen-bond acceptors (Lipinski definition) is 6. The van der Waals surface area contributed by atoms with E-state index in [1.54, 1.807) is 0 Å². The van der Waals surface area contributed by atoms with Crippen molar-refractivity contribution in [3.63, 3.8) is 0 Å². The van der Waals surface area contributed by atoms with Gasteiger partial charge in [-0.3, -0.25) is 4.55 Å². The van der Waals surface area contributed by atoms with Crippen LogP contribution in [0.25, 0.3) is 0 Å². The average Bonchev–Trinajstić information content (AvgIpc) is 2.94. The first-order valence-corrected chi connectivity index (χ1v) is 11.1. The monoisotopic (exact) mass is 528 g/mol. The van der Waals surface area contributed by atoms with Gasteiger partial charge in [0.05, 0.1) is 19.3 Å². The molecule has 0 aromatic rings. The van der Waals surface area contributed by atoms with Gasteiger partial charge in [-0.1, -0.05) is 0 Å². The SMILES string of the molecule is C=C.C=C.C=C.C=C.C=C.C=C.C=C.C=C.C=C.CC(C)OS(=O)(=O)O.CCOCC.OCCO. The van der Waals surface area contributed by atoms with Crippen molar-refractivity contribution >= 4 is 10.4 Å². The summed E-state index contributed by atoms with van der Waals surface area (Å²) in [4.78, 5) is 0. The fraction of sp³-hybridized carbons (Fsp3) is 0.333. The van der Waals surface area contributed by atoms with Crippen LogP contribution in [0.5, 0.6) is 0 Å². The molecule has 0 amide bonds. The highest BCUT2D eigenvalue weighted by Gasteiger charge is 2.05. The molecule has 0 aliphatic heterocycles. The molecule has 0 saturated heterocycles. The van der Waals surface area contributed by atoms with Crippen molar-refractivity contribution in [1.29, 1.82) is 0 Å². The maximum Gasteiger partial charge on any atom is 0.397 e. The largest absolute Gasteiger partial charge is 0.397 e. The third-order valence-electron chi connectivity index (χ3n) is 0.822. The van der Waals surface area contributed by atoms with Crippen molar-refractivity contribution < 1.29 is 32.1 Å². The van der Waals surface area contributed by atoms with E-state index in [1.807, 2.05) is 13.8 Å². The van der Waals surface area contributed by atoms with Crippen molar-refractivity contribution in [3.05, 3.63) is 118 Å². The van der Waals surface area contributed by atoms with Crippen LogP contribution >= 0.6 is 0 Å². The lowest BCUT2D eigenvalue weighted by molar-refractivity contribution is 0.162. The fourth-order valence-electron chi connectivity index (χ4n) is 0.447. The Morgan fingerprint density at radius 1 is 0.571 bits per heavy atom. The van der Waals surface area contributed by atoms with Gasteiger partial charge < -0.3 is 14.9 Å². The van der Waals surface area contributed by atoms with E-state index in [0.29, 0.717) is 0 Å². The van der Waals surface area contributed by atoms with E-state index >= 15 is 0 Å². The number of hydrogen-bond donors (Lipinski definition) is 3. The number of ether oxygens (including phenoxy) is 1. The third-order valence-corrected chi connectivity index (χ3v) is 1.45. The Morgan fingerprint density at radius 2 is 0.743 bits per heavy atom. The summed E-state index contributed by atoms with van der Waals surface area (Å²) in [6, 6.07) is 0. The molecule has 35 heavy (non-hydrogen) atoms. The van der Waals surface area contributed by atoms with E-state index in [1.165, 1.54) is 13.8 Å². The molecule has 0 bridgehead atoms. The lowest BCUT2D eigenvalue weighted by atomic mass is 10.5. The Kier molecular flexibility index (Phi) is 414. The predicted octanol–water partition coefficient (Wildman–Crippen LogP) is 7.45. The van der Waals surface area contributed by atoms with E-state index in [4.69, 9.17) is 19.5 Å². The summed E-state index contributed by atoms with van der Waals surface area (Å²) in [5.74, 6) is 0. The van der Waals surface area contributed by atoms with Crippen molar-refractivity contribution in [1.82, 2.24) is 0 Å².